The zero-order valence-electron chi connectivity index (χ0n) is 11.8. The van der Waals surface area contributed by atoms with Crippen LogP contribution in [0.1, 0.15) is 17.4 Å². The van der Waals surface area contributed by atoms with Crippen molar-refractivity contribution in [3.63, 3.8) is 0 Å². The Morgan fingerprint density at radius 2 is 2.00 bits per heavy atom. The van der Waals surface area contributed by atoms with Crippen LogP contribution in [-0.4, -0.2) is 36.9 Å². The van der Waals surface area contributed by atoms with Crippen molar-refractivity contribution in [2.75, 3.05) is 31.3 Å². The minimum Gasteiger partial charge on any atom is -0.461 e. The zero-order valence-corrected chi connectivity index (χ0v) is 11.8. The molecule has 0 bridgehead atoms. The van der Waals surface area contributed by atoms with Crippen LogP contribution < -0.4 is 10.6 Å². The summed E-state index contributed by atoms with van der Waals surface area (Å²) in [4.78, 5) is 13.7. The highest BCUT2D eigenvalue weighted by molar-refractivity contribution is 5.96. The second-order valence-electron chi connectivity index (χ2n) is 4.52. The normalized spacial score (nSPS) is 10.3. The maximum Gasteiger partial charge on any atom is 0.358 e. The number of nitrogens with two attached hydrogens (primary N) is 1. The van der Waals surface area contributed by atoms with Crippen molar-refractivity contribution in [1.82, 2.24) is 10.2 Å². The summed E-state index contributed by atoms with van der Waals surface area (Å²) in [7, 11) is 3.94. The van der Waals surface area contributed by atoms with Gasteiger partial charge in [-0.3, -0.25) is 5.10 Å². The number of carbonyl (C=O) groups excluding carboxylic acids is 1. The molecule has 1 heterocycles. The fraction of sp³-hybridized carbons (Fsp3) is 0.286. The Morgan fingerprint density at radius 1 is 1.35 bits per heavy atom. The number of hydrogen-bond acceptors (Lipinski definition) is 5. The minimum atomic E-state index is -0.492. The van der Waals surface area contributed by atoms with Gasteiger partial charge in [0.2, 0.25) is 0 Å². The van der Waals surface area contributed by atoms with Crippen LogP contribution in [0.25, 0.3) is 11.3 Å². The van der Waals surface area contributed by atoms with Crippen molar-refractivity contribution in [3.8, 4) is 11.3 Å². The van der Waals surface area contributed by atoms with Crippen LogP contribution in [0.3, 0.4) is 0 Å². The number of carbonyl (C=O) groups is 1. The van der Waals surface area contributed by atoms with Crippen molar-refractivity contribution in [3.05, 3.63) is 30.0 Å². The molecule has 0 unspecified atom stereocenters. The van der Waals surface area contributed by atoms with Gasteiger partial charge in [0, 0.05) is 25.3 Å². The number of hydrogen-bond donors (Lipinski definition) is 2. The molecule has 0 aliphatic carbocycles. The molecule has 0 atom stereocenters. The number of ether oxygens (including phenoxy) is 1. The molecule has 1 aromatic carbocycles. The smallest absolute Gasteiger partial charge is 0.358 e. The van der Waals surface area contributed by atoms with Crippen LogP contribution in [0.5, 0.6) is 0 Å². The monoisotopic (exact) mass is 274 g/mol. The molecule has 2 rings (SSSR count). The molecule has 106 valence electrons. The van der Waals surface area contributed by atoms with E-state index < -0.39 is 5.97 Å². The summed E-state index contributed by atoms with van der Waals surface area (Å²) in [6, 6.07) is 7.76. The number of anilines is 2. The fourth-order valence-electron chi connectivity index (χ4n) is 1.85. The van der Waals surface area contributed by atoms with Gasteiger partial charge >= 0.3 is 5.97 Å². The van der Waals surface area contributed by atoms with Gasteiger partial charge in [0.1, 0.15) is 5.69 Å². The number of aromatic nitrogens is 2. The standard InChI is InChI=1S/C14H18N4O2/c1-4-20-14(19)13-11(15)12(16-17-13)9-5-7-10(8-6-9)18(2)3/h5-8H,4,15H2,1-3H3,(H,16,17). The van der Waals surface area contributed by atoms with Gasteiger partial charge in [-0.25, -0.2) is 4.79 Å². The van der Waals surface area contributed by atoms with E-state index in [4.69, 9.17) is 10.5 Å². The van der Waals surface area contributed by atoms with Gasteiger partial charge in [0.15, 0.2) is 5.69 Å². The van der Waals surface area contributed by atoms with Crippen molar-refractivity contribution < 1.29 is 9.53 Å². The van der Waals surface area contributed by atoms with E-state index in [1.54, 1.807) is 6.92 Å². The Balaban J connectivity index is 2.32. The van der Waals surface area contributed by atoms with Crippen LogP contribution in [0.15, 0.2) is 24.3 Å². The number of nitrogen functional groups attached to an aromatic ring is 1. The Bertz CT molecular complexity index is 602. The number of benzene rings is 1. The van der Waals surface area contributed by atoms with Crippen LogP contribution >= 0.6 is 0 Å². The van der Waals surface area contributed by atoms with Gasteiger partial charge in [-0.1, -0.05) is 12.1 Å². The molecule has 0 saturated heterocycles. The second-order valence-corrected chi connectivity index (χ2v) is 4.52. The molecule has 0 aliphatic heterocycles. The van der Waals surface area contributed by atoms with E-state index >= 15 is 0 Å². The van der Waals surface area contributed by atoms with Gasteiger partial charge in [0.25, 0.3) is 0 Å². The van der Waals surface area contributed by atoms with Crippen LogP contribution in [0, 0.1) is 0 Å². The summed E-state index contributed by atoms with van der Waals surface area (Å²) >= 11 is 0. The average molecular weight is 274 g/mol. The SMILES string of the molecule is CCOC(=O)c1[nH]nc(-c2ccc(N(C)C)cc2)c1N. The number of esters is 1. The molecule has 3 N–H and O–H groups in total. The van der Waals surface area contributed by atoms with Crippen molar-refractivity contribution >= 4 is 17.3 Å². The van der Waals surface area contributed by atoms with E-state index in [-0.39, 0.29) is 5.69 Å². The summed E-state index contributed by atoms with van der Waals surface area (Å²) in [5, 5.41) is 6.73. The Hall–Kier alpha value is -2.50. The lowest BCUT2D eigenvalue weighted by molar-refractivity contribution is 0.0520. The lowest BCUT2D eigenvalue weighted by atomic mass is 10.1. The van der Waals surface area contributed by atoms with Crippen molar-refractivity contribution in [2.24, 2.45) is 0 Å². The van der Waals surface area contributed by atoms with E-state index in [1.165, 1.54) is 0 Å². The predicted octanol–water partition coefficient (Wildman–Crippen LogP) is 1.90. The van der Waals surface area contributed by atoms with E-state index in [1.807, 2.05) is 43.3 Å². The topological polar surface area (TPSA) is 84.2 Å². The molecule has 6 heteroatoms. The zero-order chi connectivity index (χ0) is 14.7. The molecule has 0 spiro atoms. The van der Waals surface area contributed by atoms with Gasteiger partial charge in [-0.2, -0.15) is 5.10 Å². The minimum absolute atomic E-state index is 0.193. The molecule has 1 aromatic heterocycles. The Kier molecular flexibility index (Phi) is 3.93. The molecule has 0 fully saturated rings. The highest BCUT2D eigenvalue weighted by Gasteiger charge is 2.18. The number of H-pyrrole nitrogens is 1. The summed E-state index contributed by atoms with van der Waals surface area (Å²) in [6.45, 7) is 2.04. The molecule has 2 aromatic rings. The van der Waals surface area contributed by atoms with Gasteiger partial charge in [-0.05, 0) is 19.1 Å². The number of rotatable bonds is 4. The molecular formula is C14H18N4O2. The largest absolute Gasteiger partial charge is 0.461 e. The molecule has 6 nitrogen and oxygen atoms in total. The molecule has 0 radical (unpaired) electrons. The average Bonchev–Trinajstić information content (AvgIpc) is 2.81. The van der Waals surface area contributed by atoms with E-state index in [0.717, 1.165) is 11.3 Å². The highest BCUT2D eigenvalue weighted by Crippen LogP contribution is 2.27. The first-order valence-electron chi connectivity index (χ1n) is 6.33. The fourth-order valence-corrected chi connectivity index (χ4v) is 1.85. The quantitative estimate of drug-likeness (QED) is 0.832. The molecular weight excluding hydrogens is 256 g/mol. The number of nitrogens with zero attached hydrogens (tertiary/aromatic N) is 2. The Labute approximate surface area is 117 Å². The third kappa shape index (κ3) is 2.59. The van der Waals surface area contributed by atoms with Gasteiger partial charge in [0.05, 0.1) is 12.3 Å². The van der Waals surface area contributed by atoms with Crippen molar-refractivity contribution in [2.45, 2.75) is 6.92 Å². The van der Waals surface area contributed by atoms with E-state index in [0.29, 0.717) is 18.0 Å². The molecule has 0 amide bonds. The number of aromatic amines is 1. The van der Waals surface area contributed by atoms with E-state index in [9.17, 15) is 4.79 Å². The first-order chi connectivity index (χ1) is 9.54. The third-order valence-corrected chi connectivity index (χ3v) is 2.94. The summed E-state index contributed by atoms with van der Waals surface area (Å²) < 4.78 is 4.91. The lowest BCUT2D eigenvalue weighted by Gasteiger charge is -2.12. The lowest BCUT2D eigenvalue weighted by Crippen LogP contribution is -2.08. The number of nitrogens with one attached hydrogen (secondary N) is 1. The van der Waals surface area contributed by atoms with Crippen LogP contribution in [-0.2, 0) is 4.74 Å². The van der Waals surface area contributed by atoms with E-state index in [2.05, 4.69) is 10.2 Å². The Morgan fingerprint density at radius 3 is 2.55 bits per heavy atom. The van der Waals surface area contributed by atoms with Crippen LogP contribution in [0.4, 0.5) is 11.4 Å². The molecule has 20 heavy (non-hydrogen) atoms. The highest BCUT2D eigenvalue weighted by atomic mass is 16.5. The predicted molar refractivity (Wildman–Crippen MR) is 78.7 cm³/mol. The third-order valence-electron chi connectivity index (χ3n) is 2.94. The van der Waals surface area contributed by atoms with Crippen molar-refractivity contribution in [1.29, 1.82) is 0 Å². The second kappa shape index (κ2) is 5.64. The van der Waals surface area contributed by atoms with Gasteiger partial charge < -0.3 is 15.4 Å². The van der Waals surface area contributed by atoms with Crippen LogP contribution in [0.2, 0.25) is 0 Å². The maximum absolute atomic E-state index is 11.7. The summed E-state index contributed by atoms with van der Waals surface area (Å²) in [5.74, 6) is -0.492. The molecule has 0 saturated carbocycles. The molecule has 0 aliphatic rings. The summed E-state index contributed by atoms with van der Waals surface area (Å²) in [6.07, 6.45) is 0. The first kappa shape index (κ1) is 13.9. The first-order valence-corrected chi connectivity index (χ1v) is 6.33. The van der Waals surface area contributed by atoms with Gasteiger partial charge in [-0.15, -0.1) is 0 Å². The maximum atomic E-state index is 11.7. The summed E-state index contributed by atoms with van der Waals surface area (Å²) in [5.41, 5.74) is 8.94.